The minimum absolute atomic E-state index is 0.0520. The van der Waals surface area contributed by atoms with Crippen LogP contribution in [0.3, 0.4) is 0 Å². The first-order valence-corrected chi connectivity index (χ1v) is 7.41. The van der Waals surface area contributed by atoms with Crippen LogP contribution in [0.4, 0.5) is 5.69 Å². The molecule has 0 bridgehead atoms. The van der Waals surface area contributed by atoms with Gasteiger partial charge in [0.1, 0.15) is 11.5 Å². The third kappa shape index (κ3) is 2.55. The highest BCUT2D eigenvalue weighted by Crippen LogP contribution is 2.26. The van der Waals surface area contributed by atoms with Crippen LogP contribution < -0.4 is 5.01 Å². The van der Waals surface area contributed by atoms with Gasteiger partial charge in [-0.25, -0.2) is 5.01 Å². The zero-order chi connectivity index (χ0) is 15.6. The maximum atomic E-state index is 12.2. The molecule has 112 valence electrons. The third-order valence-corrected chi connectivity index (χ3v) is 3.80. The highest BCUT2D eigenvalue weighted by molar-refractivity contribution is 6.18. The van der Waals surface area contributed by atoms with E-state index < -0.39 is 0 Å². The van der Waals surface area contributed by atoms with E-state index in [4.69, 9.17) is 4.42 Å². The van der Waals surface area contributed by atoms with Crippen molar-refractivity contribution >= 4 is 17.3 Å². The van der Waals surface area contributed by atoms with Crippen LogP contribution in [0.1, 0.15) is 12.2 Å². The van der Waals surface area contributed by atoms with Crippen LogP contribution in [-0.4, -0.2) is 11.6 Å². The van der Waals surface area contributed by atoms with E-state index in [-0.39, 0.29) is 12.3 Å². The second-order valence-electron chi connectivity index (χ2n) is 5.32. The van der Waals surface area contributed by atoms with Crippen LogP contribution in [-0.2, 0) is 4.79 Å². The van der Waals surface area contributed by atoms with Crippen molar-refractivity contribution in [3.05, 3.63) is 78.8 Å². The predicted octanol–water partition coefficient (Wildman–Crippen LogP) is 4.09. The van der Waals surface area contributed by atoms with Crippen molar-refractivity contribution in [2.45, 2.75) is 6.42 Å². The number of nitrogens with zero attached hydrogens (tertiary/aromatic N) is 2. The average molecular weight is 302 g/mol. The summed E-state index contributed by atoms with van der Waals surface area (Å²) in [6, 6.07) is 21.5. The van der Waals surface area contributed by atoms with Crippen molar-refractivity contribution in [3.63, 3.8) is 0 Å². The van der Waals surface area contributed by atoms with Crippen LogP contribution in [0.15, 0.2) is 82.5 Å². The van der Waals surface area contributed by atoms with Crippen LogP contribution in [0, 0.1) is 0 Å². The molecule has 1 aliphatic rings. The van der Waals surface area contributed by atoms with Gasteiger partial charge in [-0.3, -0.25) is 4.79 Å². The Balaban J connectivity index is 1.62. The maximum absolute atomic E-state index is 12.2. The largest absolute Gasteiger partial charge is 0.463 e. The molecule has 0 radical (unpaired) electrons. The van der Waals surface area contributed by atoms with Gasteiger partial charge in [-0.1, -0.05) is 42.5 Å². The molecule has 4 nitrogen and oxygen atoms in total. The molecular weight excluding hydrogens is 288 g/mol. The van der Waals surface area contributed by atoms with E-state index in [0.29, 0.717) is 11.5 Å². The summed E-state index contributed by atoms with van der Waals surface area (Å²) in [5.74, 6) is 0.589. The fraction of sp³-hybridized carbons (Fsp3) is 0.0526. The van der Waals surface area contributed by atoms with E-state index in [9.17, 15) is 4.79 Å². The Morgan fingerprint density at radius 1 is 0.870 bits per heavy atom. The van der Waals surface area contributed by atoms with Gasteiger partial charge in [0, 0.05) is 0 Å². The molecule has 23 heavy (non-hydrogen) atoms. The van der Waals surface area contributed by atoms with Crippen molar-refractivity contribution in [1.82, 2.24) is 0 Å². The Hall–Kier alpha value is -3.14. The molecule has 1 aromatic heterocycles. The molecule has 0 saturated heterocycles. The van der Waals surface area contributed by atoms with Gasteiger partial charge >= 0.3 is 0 Å². The Morgan fingerprint density at radius 2 is 1.61 bits per heavy atom. The normalized spacial score (nSPS) is 14.2. The maximum Gasteiger partial charge on any atom is 0.253 e. The SMILES string of the molecule is O=C1CC(c2ccco2)=NN1c1ccc(-c2ccccc2)cc1. The number of carbonyl (C=O) groups is 1. The predicted molar refractivity (Wildman–Crippen MR) is 89.2 cm³/mol. The number of hydrazone groups is 1. The number of furan rings is 1. The smallest absolute Gasteiger partial charge is 0.253 e. The average Bonchev–Trinajstić information content (AvgIpc) is 3.25. The summed E-state index contributed by atoms with van der Waals surface area (Å²) in [4.78, 5) is 12.2. The van der Waals surface area contributed by atoms with E-state index in [1.54, 1.807) is 12.3 Å². The van der Waals surface area contributed by atoms with Crippen molar-refractivity contribution in [2.75, 3.05) is 5.01 Å². The van der Waals surface area contributed by atoms with E-state index in [1.165, 1.54) is 5.01 Å². The standard InChI is InChI=1S/C19H14N2O2/c22-19-13-17(18-7-4-12-23-18)20-21(19)16-10-8-15(9-11-16)14-5-2-1-3-6-14/h1-12H,13H2. The molecule has 4 heteroatoms. The van der Waals surface area contributed by atoms with Crippen LogP contribution in [0.5, 0.6) is 0 Å². The van der Waals surface area contributed by atoms with Crippen LogP contribution in [0.2, 0.25) is 0 Å². The van der Waals surface area contributed by atoms with Gasteiger partial charge in [0.05, 0.1) is 18.4 Å². The molecule has 0 saturated carbocycles. The second-order valence-corrected chi connectivity index (χ2v) is 5.32. The molecule has 3 aromatic rings. The molecular formula is C19H14N2O2. The van der Waals surface area contributed by atoms with E-state index in [0.717, 1.165) is 16.8 Å². The van der Waals surface area contributed by atoms with Gasteiger partial charge in [-0.05, 0) is 35.4 Å². The summed E-state index contributed by atoms with van der Waals surface area (Å²) in [5.41, 5.74) is 3.67. The lowest BCUT2D eigenvalue weighted by molar-refractivity contribution is -0.116. The van der Waals surface area contributed by atoms with E-state index in [1.807, 2.05) is 48.5 Å². The number of carbonyl (C=O) groups excluding carboxylic acids is 1. The molecule has 1 aliphatic heterocycles. The Kier molecular flexibility index (Phi) is 3.27. The summed E-state index contributed by atoms with van der Waals surface area (Å²) in [5, 5.41) is 5.83. The lowest BCUT2D eigenvalue weighted by Gasteiger charge is -2.12. The van der Waals surface area contributed by atoms with Gasteiger partial charge in [-0.15, -0.1) is 0 Å². The minimum atomic E-state index is -0.0520. The number of rotatable bonds is 3. The van der Waals surface area contributed by atoms with Gasteiger partial charge in [0.15, 0.2) is 0 Å². The summed E-state index contributed by atoms with van der Waals surface area (Å²) in [6.45, 7) is 0. The topological polar surface area (TPSA) is 45.8 Å². The van der Waals surface area contributed by atoms with Crippen molar-refractivity contribution in [1.29, 1.82) is 0 Å². The summed E-state index contributed by atoms with van der Waals surface area (Å²) in [6.07, 6.45) is 1.84. The first kappa shape index (κ1) is 13.5. The third-order valence-electron chi connectivity index (χ3n) is 3.80. The molecule has 1 amide bonds. The highest BCUT2D eigenvalue weighted by Gasteiger charge is 2.27. The van der Waals surface area contributed by atoms with Crippen molar-refractivity contribution in [2.24, 2.45) is 5.10 Å². The molecule has 0 unspecified atom stereocenters. The lowest BCUT2D eigenvalue weighted by Crippen LogP contribution is -2.19. The molecule has 0 N–H and O–H groups in total. The fourth-order valence-corrected chi connectivity index (χ4v) is 2.64. The Bertz CT molecular complexity index is 850. The van der Waals surface area contributed by atoms with Gasteiger partial charge < -0.3 is 4.42 Å². The van der Waals surface area contributed by atoms with Crippen molar-refractivity contribution < 1.29 is 9.21 Å². The molecule has 0 aliphatic carbocycles. The minimum Gasteiger partial charge on any atom is -0.463 e. The zero-order valence-electron chi connectivity index (χ0n) is 12.3. The monoisotopic (exact) mass is 302 g/mol. The molecule has 4 rings (SSSR count). The van der Waals surface area contributed by atoms with E-state index >= 15 is 0 Å². The second kappa shape index (κ2) is 5.57. The van der Waals surface area contributed by atoms with Crippen LogP contribution >= 0.6 is 0 Å². The van der Waals surface area contributed by atoms with Crippen molar-refractivity contribution in [3.8, 4) is 11.1 Å². The van der Waals surface area contributed by atoms with Gasteiger partial charge in [-0.2, -0.15) is 5.10 Å². The first-order chi connectivity index (χ1) is 11.3. The molecule has 2 heterocycles. The fourth-order valence-electron chi connectivity index (χ4n) is 2.64. The van der Waals surface area contributed by atoms with Gasteiger partial charge in [0.25, 0.3) is 5.91 Å². The molecule has 0 fully saturated rings. The van der Waals surface area contributed by atoms with E-state index in [2.05, 4.69) is 17.2 Å². The lowest BCUT2D eigenvalue weighted by atomic mass is 10.1. The highest BCUT2D eigenvalue weighted by atomic mass is 16.3. The number of anilines is 1. The van der Waals surface area contributed by atoms with Crippen LogP contribution in [0.25, 0.3) is 11.1 Å². The number of benzene rings is 2. The number of hydrogen-bond donors (Lipinski definition) is 0. The molecule has 2 aromatic carbocycles. The summed E-state index contributed by atoms with van der Waals surface area (Å²) in [7, 11) is 0. The van der Waals surface area contributed by atoms with Gasteiger partial charge in [0.2, 0.25) is 0 Å². The first-order valence-electron chi connectivity index (χ1n) is 7.41. The number of hydrogen-bond acceptors (Lipinski definition) is 3. The summed E-state index contributed by atoms with van der Waals surface area (Å²) < 4.78 is 5.32. The number of amides is 1. The summed E-state index contributed by atoms with van der Waals surface area (Å²) >= 11 is 0. The Morgan fingerprint density at radius 3 is 2.30 bits per heavy atom. The molecule has 0 spiro atoms. The zero-order valence-corrected chi connectivity index (χ0v) is 12.3. The molecule has 0 atom stereocenters. The quantitative estimate of drug-likeness (QED) is 0.731. The Labute approximate surface area is 133 Å².